The molecule has 0 bridgehead atoms. The van der Waals surface area contributed by atoms with Crippen LogP contribution < -0.4 is 10.2 Å². The largest absolute Gasteiger partial charge is 0.390 e. The summed E-state index contributed by atoms with van der Waals surface area (Å²) in [6.07, 6.45) is 0.125. The standard InChI is InChI=1S/C24H27F2N7O/c1-14-23(29-18-10-15(25)4-5-17(18)28-14)19-11-22-30-21(32-9-6-16(26)13-32)12-20(33(22)31-19)27-8-7-24(2,3)34/h4-5,10-12,16,27,34H,6-9,13H2,1-3H3/t16-/m1/s1. The van der Waals surface area contributed by atoms with Gasteiger partial charge < -0.3 is 15.3 Å². The lowest BCUT2D eigenvalue weighted by Gasteiger charge is -2.20. The predicted octanol–water partition coefficient (Wildman–Crippen LogP) is 3.91. The van der Waals surface area contributed by atoms with Crippen molar-refractivity contribution in [1.82, 2.24) is 24.6 Å². The minimum Gasteiger partial charge on any atom is -0.390 e. The zero-order chi connectivity index (χ0) is 24.0. The number of aromatic nitrogens is 5. The number of anilines is 2. The predicted molar refractivity (Wildman–Crippen MR) is 127 cm³/mol. The van der Waals surface area contributed by atoms with Gasteiger partial charge in [-0.25, -0.2) is 23.7 Å². The molecule has 1 atom stereocenters. The van der Waals surface area contributed by atoms with Crippen molar-refractivity contribution in [3.8, 4) is 11.4 Å². The molecule has 1 aromatic carbocycles. The smallest absolute Gasteiger partial charge is 0.160 e. The molecule has 2 N–H and O–H groups in total. The van der Waals surface area contributed by atoms with E-state index in [-0.39, 0.29) is 5.82 Å². The summed E-state index contributed by atoms with van der Waals surface area (Å²) in [6.45, 7) is 6.75. The summed E-state index contributed by atoms with van der Waals surface area (Å²) in [5.41, 5.74) is 2.56. The van der Waals surface area contributed by atoms with E-state index in [0.29, 0.717) is 77.9 Å². The number of nitrogens with zero attached hydrogens (tertiary/aromatic N) is 6. The topological polar surface area (TPSA) is 91.5 Å². The van der Waals surface area contributed by atoms with E-state index in [1.165, 1.54) is 12.1 Å². The summed E-state index contributed by atoms with van der Waals surface area (Å²) >= 11 is 0. The van der Waals surface area contributed by atoms with Crippen LogP contribution in [-0.4, -0.2) is 61.1 Å². The van der Waals surface area contributed by atoms with Crippen molar-refractivity contribution in [1.29, 1.82) is 0 Å². The van der Waals surface area contributed by atoms with Gasteiger partial charge in [0.15, 0.2) is 5.65 Å². The van der Waals surface area contributed by atoms with E-state index in [1.54, 1.807) is 30.5 Å². The number of nitrogens with one attached hydrogen (secondary N) is 1. The quantitative estimate of drug-likeness (QED) is 0.444. The molecule has 0 spiro atoms. The third kappa shape index (κ3) is 4.50. The highest BCUT2D eigenvalue weighted by Gasteiger charge is 2.25. The second kappa shape index (κ2) is 8.43. The van der Waals surface area contributed by atoms with Crippen molar-refractivity contribution >= 4 is 28.3 Å². The zero-order valence-corrected chi connectivity index (χ0v) is 19.4. The maximum atomic E-state index is 13.9. The van der Waals surface area contributed by atoms with Crippen molar-refractivity contribution in [2.45, 2.75) is 45.4 Å². The van der Waals surface area contributed by atoms with Crippen LogP contribution in [0, 0.1) is 12.7 Å². The van der Waals surface area contributed by atoms with Gasteiger partial charge in [-0.2, -0.15) is 9.61 Å². The van der Waals surface area contributed by atoms with E-state index in [9.17, 15) is 13.9 Å². The Labute approximate surface area is 195 Å². The third-order valence-corrected chi connectivity index (χ3v) is 5.95. The monoisotopic (exact) mass is 467 g/mol. The van der Waals surface area contributed by atoms with E-state index < -0.39 is 11.8 Å². The van der Waals surface area contributed by atoms with E-state index >= 15 is 0 Å². The van der Waals surface area contributed by atoms with Crippen LogP contribution in [0.3, 0.4) is 0 Å². The van der Waals surface area contributed by atoms with Gasteiger partial charge in [-0.3, -0.25) is 0 Å². The fraction of sp³-hybridized carbons (Fsp3) is 0.417. The molecule has 1 fully saturated rings. The number of hydrogen-bond donors (Lipinski definition) is 2. The van der Waals surface area contributed by atoms with Gasteiger partial charge in [0.1, 0.15) is 35.0 Å². The molecular formula is C24H27F2N7O. The maximum Gasteiger partial charge on any atom is 0.160 e. The molecule has 0 amide bonds. The highest BCUT2D eigenvalue weighted by Crippen LogP contribution is 2.28. The highest BCUT2D eigenvalue weighted by atomic mass is 19.1. The molecule has 4 aromatic rings. The Morgan fingerprint density at radius 1 is 1.15 bits per heavy atom. The Morgan fingerprint density at radius 3 is 2.71 bits per heavy atom. The number of aryl methyl sites for hydroxylation is 1. The van der Waals surface area contributed by atoms with E-state index in [0.717, 1.165) is 0 Å². The summed E-state index contributed by atoms with van der Waals surface area (Å²) < 4.78 is 29.3. The fourth-order valence-electron chi connectivity index (χ4n) is 4.15. The average Bonchev–Trinajstić information content (AvgIpc) is 3.39. The maximum absolute atomic E-state index is 13.9. The number of benzene rings is 1. The number of hydrogen-bond acceptors (Lipinski definition) is 7. The Balaban J connectivity index is 1.58. The lowest BCUT2D eigenvalue weighted by atomic mass is 10.1. The molecule has 1 aliphatic rings. The van der Waals surface area contributed by atoms with Crippen LogP contribution in [0.4, 0.5) is 20.4 Å². The molecule has 34 heavy (non-hydrogen) atoms. The first-order valence-electron chi connectivity index (χ1n) is 11.4. The SMILES string of the molecule is Cc1nc2ccc(F)cc2nc1-c1cc2nc(N3CC[C@@H](F)C3)cc(NCCC(C)(C)O)n2n1. The van der Waals surface area contributed by atoms with Gasteiger partial charge >= 0.3 is 0 Å². The minimum absolute atomic E-state index is 0.300. The van der Waals surface area contributed by atoms with Crippen molar-refractivity contribution in [2.24, 2.45) is 0 Å². The van der Waals surface area contributed by atoms with Gasteiger partial charge in [-0.05, 0) is 45.7 Å². The number of alkyl halides is 1. The molecule has 8 nitrogen and oxygen atoms in total. The van der Waals surface area contributed by atoms with Crippen LogP contribution >= 0.6 is 0 Å². The van der Waals surface area contributed by atoms with Crippen molar-refractivity contribution in [2.75, 3.05) is 29.9 Å². The first-order chi connectivity index (χ1) is 16.2. The summed E-state index contributed by atoms with van der Waals surface area (Å²) in [5.74, 6) is 0.955. The lowest BCUT2D eigenvalue weighted by Crippen LogP contribution is -2.24. The Hall–Kier alpha value is -3.40. The van der Waals surface area contributed by atoms with Gasteiger partial charge in [-0.15, -0.1) is 0 Å². The highest BCUT2D eigenvalue weighted by molar-refractivity contribution is 5.78. The number of halogens is 2. The van der Waals surface area contributed by atoms with Crippen molar-refractivity contribution in [3.63, 3.8) is 0 Å². The Kier molecular flexibility index (Phi) is 5.55. The molecule has 1 saturated heterocycles. The van der Waals surface area contributed by atoms with E-state index in [1.807, 2.05) is 17.9 Å². The van der Waals surface area contributed by atoms with Gasteiger partial charge in [0.2, 0.25) is 0 Å². The Bertz CT molecular complexity index is 1370. The molecule has 5 rings (SSSR count). The molecular weight excluding hydrogens is 440 g/mol. The molecule has 178 valence electrons. The van der Waals surface area contributed by atoms with Gasteiger partial charge in [0.05, 0.1) is 28.9 Å². The fourth-order valence-corrected chi connectivity index (χ4v) is 4.15. The van der Waals surface area contributed by atoms with Crippen molar-refractivity contribution in [3.05, 3.63) is 41.8 Å². The molecule has 1 aliphatic heterocycles. The van der Waals surface area contributed by atoms with Gasteiger partial charge in [-0.1, -0.05) is 0 Å². The first kappa shape index (κ1) is 22.4. The lowest BCUT2D eigenvalue weighted by molar-refractivity contribution is 0.0748. The molecule has 0 saturated carbocycles. The van der Waals surface area contributed by atoms with Crippen LogP contribution in [-0.2, 0) is 0 Å². The second-order valence-electron chi connectivity index (χ2n) is 9.41. The minimum atomic E-state index is -0.874. The zero-order valence-electron chi connectivity index (χ0n) is 19.4. The summed E-state index contributed by atoms with van der Waals surface area (Å²) in [5, 5.41) is 18.1. The average molecular weight is 468 g/mol. The van der Waals surface area contributed by atoms with Crippen LogP contribution in [0.1, 0.15) is 32.4 Å². The third-order valence-electron chi connectivity index (χ3n) is 5.95. The summed E-state index contributed by atoms with van der Waals surface area (Å²) in [6, 6.07) is 7.96. The first-order valence-corrected chi connectivity index (χ1v) is 11.4. The van der Waals surface area contributed by atoms with Crippen LogP contribution in [0.15, 0.2) is 30.3 Å². The normalized spacial score (nSPS) is 16.6. The Morgan fingerprint density at radius 2 is 1.97 bits per heavy atom. The number of rotatable bonds is 6. The molecule has 0 unspecified atom stereocenters. The van der Waals surface area contributed by atoms with Gasteiger partial charge in [0, 0.05) is 31.3 Å². The summed E-state index contributed by atoms with van der Waals surface area (Å²) in [7, 11) is 0. The molecule has 0 aliphatic carbocycles. The molecule has 0 radical (unpaired) electrons. The van der Waals surface area contributed by atoms with E-state index in [2.05, 4.69) is 15.3 Å². The summed E-state index contributed by atoms with van der Waals surface area (Å²) in [4.78, 5) is 15.8. The van der Waals surface area contributed by atoms with Crippen LogP contribution in [0.5, 0.6) is 0 Å². The number of aliphatic hydroxyl groups is 1. The van der Waals surface area contributed by atoms with Gasteiger partial charge in [0.25, 0.3) is 0 Å². The van der Waals surface area contributed by atoms with Crippen LogP contribution in [0.2, 0.25) is 0 Å². The second-order valence-corrected chi connectivity index (χ2v) is 9.41. The van der Waals surface area contributed by atoms with E-state index in [4.69, 9.17) is 10.1 Å². The van der Waals surface area contributed by atoms with Crippen LogP contribution in [0.25, 0.3) is 28.1 Å². The molecule has 10 heteroatoms. The number of fused-ring (bicyclic) bond motifs is 2. The van der Waals surface area contributed by atoms with Crippen molar-refractivity contribution < 1.29 is 13.9 Å². The molecule has 3 aromatic heterocycles. The molecule has 4 heterocycles.